The van der Waals surface area contributed by atoms with Crippen LogP contribution in [-0.2, 0) is 59.5 Å². The van der Waals surface area contributed by atoms with Crippen molar-refractivity contribution in [2.75, 3.05) is 72.2 Å². The molecule has 0 radical (unpaired) electrons. The Kier molecular flexibility index (Phi) is 25.4. The molecule has 37 heteroatoms. The highest BCUT2D eigenvalue weighted by molar-refractivity contribution is 7.90. The summed E-state index contributed by atoms with van der Waals surface area (Å²) in [6.07, 6.45) is 28.2. The number of carbonyl (C=O) groups is 5. The van der Waals surface area contributed by atoms with Gasteiger partial charge in [-0.3, -0.25) is 19.2 Å². The van der Waals surface area contributed by atoms with Crippen LogP contribution in [0.25, 0.3) is 0 Å². The SMILES string of the molecule is CCS(=O)(=O)NC12CC3CC(CC(NCC(=O)N4CCC[C@H]4C#N)(C3)C1)C2.CN(C)S(=O)(=O)NC12CC3CC(CC(NCC(=O)N4CCC[C@H]4C#N)(C3)C1)C2.N#C[C@@H]1CCCN1C(=O)CNC12CC3CC(C1)CC(NC(=O)NS(=O)(=O)c1ccc(F)cc1)(C3)C2.N#C[C@@H]1CCCN1C(=O)CNC12CC3CC(C1)CC(NS(=O)(=O)c1ccc(F)cc1)(C3)C2. The Hall–Kier alpha value is -7.11. The summed E-state index contributed by atoms with van der Waals surface area (Å²) in [4.78, 5) is 70.4. The van der Waals surface area contributed by atoms with Gasteiger partial charge < -0.3 is 46.2 Å². The van der Waals surface area contributed by atoms with Gasteiger partial charge in [-0.2, -0.15) is 38.5 Å². The van der Waals surface area contributed by atoms with Crippen LogP contribution in [0.3, 0.4) is 0 Å². The van der Waals surface area contributed by atoms with E-state index in [0.29, 0.717) is 92.8 Å². The van der Waals surface area contributed by atoms with Gasteiger partial charge in [0.25, 0.3) is 20.2 Å². The minimum atomic E-state index is -4.13. The van der Waals surface area contributed by atoms with E-state index >= 15 is 0 Å². The number of urea groups is 1. The molecule has 9 N–H and O–H groups in total. The van der Waals surface area contributed by atoms with E-state index in [-0.39, 0.29) is 117 Å². The second-order valence-electron chi connectivity index (χ2n) is 40.0. The lowest BCUT2D eigenvalue weighted by Crippen LogP contribution is -2.70. The van der Waals surface area contributed by atoms with E-state index in [1.165, 1.54) is 22.9 Å². The van der Waals surface area contributed by atoms with Crippen molar-refractivity contribution in [1.82, 2.24) is 69.4 Å². The van der Waals surface area contributed by atoms with Gasteiger partial charge in [0.15, 0.2) is 0 Å². The number of nitriles is 4. The van der Waals surface area contributed by atoms with Crippen molar-refractivity contribution in [3.8, 4) is 24.3 Å². The van der Waals surface area contributed by atoms with E-state index in [1.54, 1.807) is 40.6 Å². The summed E-state index contributed by atoms with van der Waals surface area (Å²) in [6, 6.07) is 16.0. The minimum absolute atomic E-state index is 0.00187. The molecule has 16 bridgehead atoms. The molecule has 22 rings (SSSR count). The first-order valence-corrected chi connectivity index (χ1v) is 50.2. The molecule has 4 aliphatic heterocycles. The maximum atomic E-state index is 13.3. The highest BCUT2D eigenvalue weighted by Gasteiger charge is 2.64. The molecule has 16 saturated carbocycles. The predicted molar refractivity (Wildman–Crippen MR) is 444 cm³/mol. The summed E-state index contributed by atoms with van der Waals surface area (Å²) in [5.74, 6) is 2.54. The van der Waals surface area contributed by atoms with Gasteiger partial charge in [0.2, 0.25) is 43.7 Å². The van der Waals surface area contributed by atoms with Crippen LogP contribution in [0.15, 0.2) is 58.3 Å². The maximum absolute atomic E-state index is 13.3. The molecule has 0 spiro atoms. The van der Waals surface area contributed by atoms with Gasteiger partial charge in [0.1, 0.15) is 35.8 Å². The largest absolute Gasteiger partial charge is 0.332 e. The lowest BCUT2D eigenvalue weighted by atomic mass is 9.50. The third-order valence-corrected chi connectivity index (χ3v) is 36.5. The minimum Gasteiger partial charge on any atom is -0.332 e. The fourth-order valence-electron chi connectivity index (χ4n) is 27.4. The zero-order valence-corrected chi connectivity index (χ0v) is 73.5. The van der Waals surface area contributed by atoms with Crippen LogP contribution in [0.1, 0.15) is 212 Å². The summed E-state index contributed by atoms with van der Waals surface area (Å²) in [5.41, 5.74) is -2.77. The van der Waals surface area contributed by atoms with Crippen molar-refractivity contribution in [3.63, 3.8) is 0 Å². The Morgan fingerprint density at radius 1 is 0.393 bits per heavy atom. The third kappa shape index (κ3) is 19.4. The first kappa shape index (κ1) is 89.7. The molecule has 4 heterocycles. The first-order valence-electron chi connectivity index (χ1n) is 44.2. The van der Waals surface area contributed by atoms with E-state index in [9.17, 15) is 87.5 Å². The molecule has 666 valence electrons. The van der Waals surface area contributed by atoms with E-state index < -0.39 is 74.6 Å². The van der Waals surface area contributed by atoms with Crippen molar-refractivity contribution in [1.29, 1.82) is 21.0 Å². The van der Waals surface area contributed by atoms with E-state index in [1.807, 2.05) is 0 Å². The highest BCUT2D eigenvalue weighted by atomic mass is 32.2. The number of nitrogens with one attached hydrogen (secondary N) is 9. The molecule has 31 nitrogen and oxygen atoms in total. The normalized spacial score (nSPS) is 36.9. The van der Waals surface area contributed by atoms with Crippen LogP contribution in [0.4, 0.5) is 13.6 Å². The first-order chi connectivity index (χ1) is 57.8. The van der Waals surface area contributed by atoms with Gasteiger partial charge in [-0.25, -0.2) is 53.0 Å². The molecular formula is C85H120F2N18O13S4. The summed E-state index contributed by atoms with van der Waals surface area (Å²) in [5, 5.41) is 54.1. The molecule has 122 heavy (non-hydrogen) atoms. The van der Waals surface area contributed by atoms with Crippen molar-refractivity contribution in [2.24, 2.45) is 47.3 Å². The zero-order chi connectivity index (χ0) is 86.9. The lowest BCUT2D eigenvalue weighted by Gasteiger charge is -2.62. The fraction of sp³-hybridized carbons (Fsp3) is 0.753. The lowest BCUT2D eigenvalue weighted by molar-refractivity contribution is -0.132. The van der Waals surface area contributed by atoms with Gasteiger partial charge in [0, 0.05) is 84.6 Å². The Morgan fingerprint density at radius 2 is 0.656 bits per heavy atom. The number of halogens is 2. The number of hydrogen-bond donors (Lipinski definition) is 9. The average Bonchev–Trinajstić information content (AvgIpc) is 0.820. The van der Waals surface area contributed by atoms with Gasteiger partial charge in [-0.05, 0) is 308 Å². The van der Waals surface area contributed by atoms with Crippen LogP contribution >= 0.6 is 0 Å². The van der Waals surface area contributed by atoms with Crippen molar-refractivity contribution in [3.05, 3.63) is 60.2 Å². The highest BCUT2D eigenvalue weighted by Crippen LogP contribution is 2.62. The van der Waals surface area contributed by atoms with Crippen LogP contribution in [0.5, 0.6) is 0 Å². The van der Waals surface area contributed by atoms with Crippen LogP contribution in [0.2, 0.25) is 0 Å². The van der Waals surface area contributed by atoms with Crippen molar-refractivity contribution in [2.45, 2.75) is 291 Å². The number of hydrogen-bond acceptors (Lipinski definition) is 21. The van der Waals surface area contributed by atoms with Gasteiger partial charge in [-0.1, -0.05) is 0 Å². The number of sulfonamides is 3. The molecule has 12 atom stereocenters. The van der Waals surface area contributed by atoms with Crippen LogP contribution < -0.4 is 45.5 Å². The number of rotatable bonds is 24. The van der Waals surface area contributed by atoms with Gasteiger partial charge in [-0.15, -0.1) is 0 Å². The van der Waals surface area contributed by atoms with Crippen LogP contribution in [0, 0.1) is 104 Å². The number of amides is 6. The fourth-order valence-corrected chi connectivity index (χ4v) is 31.8. The van der Waals surface area contributed by atoms with Crippen molar-refractivity contribution >= 4 is 69.9 Å². The number of carbonyl (C=O) groups excluding carboxylic acids is 5. The molecule has 20 fully saturated rings. The van der Waals surface area contributed by atoms with Crippen molar-refractivity contribution < 1.29 is 66.4 Å². The Labute approximate surface area is 717 Å². The summed E-state index contributed by atoms with van der Waals surface area (Å²) in [6.45, 7) is 5.03. The monoisotopic (exact) mass is 1770 g/mol. The quantitative estimate of drug-likeness (QED) is 0.0581. The van der Waals surface area contributed by atoms with Gasteiger partial charge in [0.05, 0.1) is 66.0 Å². The summed E-state index contributed by atoms with van der Waals surface area (Å²) in [7, 11) is -11.6. The molecule has 20 aliphatic rings. The number of nitrogens with zero attached hydrogens (tertiary/aromatic N) is 9. The van der Waals surface area contributed by atoms with Crippen LogP contribution in [-0.4, -0.2) is 228 Å². The Morgan fingerprint density at radius 3 is 0.943 bits per heavy atom. The van der Waals surface area contributed by atoms with Gasteiger partial charge >= 0.3 is 6.03 Å². The molecule has 2 aromatic rings. The van der Waals surface area contributed by atoms with E-state index in [0.717, 1.165) is 216 Å². The smallest absolute Gasteiger partial charge is 0.329 e. The molecule has 8 unspecified atom stereocenters. The number of likely N-dealkylation sites (tertiary alicyclic amines) is 4. The summed E-state index contributed by atoms with van der Waals surface area (Å²) >= 11 is 0. The average molecular weight is 1770 g/mol. The topological polar surface area (TPSA) is 442 Å². The molecule has 6 amide bonds. The maximum Gasteiger partial charge on any atom is 0.329 e. The predicted octanol–water partition coefficient (Wildman–Crippen LogP) is 6.01. The van der Waals surface area contributed by atoms with E-state index in [4.69, 9.17) is 0 Å². The third-order valence-electron chi connectivity index (χ3n) is 30.4. The molecule has 2 aromatic carbocycles. The molecular weight excluding hydrogens is 1650 g/mol. The standard InChI is InChI=1S/C24H30FN5O4S.C23H29FN4O3S.C19H31N5O3S.C19H30N4O3S/c25-18-3-5-20(6-4-18)35(33,34)29-22(32)28-24-11-16-8-17(12-24)10-23(9-16,15-24)27-14-21(31)30-7-1-2-19(30)13-26;24-18-3-5-20(6-4-18)32(30,31)27-23-11-16-8-17(12-23)10-22(9-16,15-23)26-14-21(29)28-7-1-2-19(28)13-25;1-23(2)28(26,27)22-19-9-14-6-15(10-19)8-18(7-14,13-19)21-12-17(25)24-5-3-4-16(24)11-20;1-2-27(25,26)22-19-9-14-6-15(10-19)8-18(7-14,13-19)21-12-17(24)23-5-3-4-16(23)11-20/h3-6,16-17,19,27H,1-2,7-12,14-15H2,(H2,28,29,32);3-6,16-17,19,26-27H,1-2,7-12,14-15H2;14-16,21-22H,3-10,12-13H2,1-2H3;14-16,21-22H,2-10,12-13H2,1H3/t16?,17?,19-,23?,24?;16?,17?,19-,22?,23?;2*14?,15?,16-,18?,19?/m0000/s1. The Balaban J connectivity index is 0.000000127. The summed E-state index contributed by atoms with van der Waals surface area (Å²) < 4.78 is 140. The Bertz CT molecular complexity index is 4930. The second-order valence-corrected chi connectivity index (χ2v) is 47.2. The molecule has 0 aromatic heterocycles. The second kappa shape index (κ2) is 34.6. The molecule has 4 saturated heterocycles. The number of benzene rings is 2. The zero-order valence-electron chi connectivity index (χ0n) is 70.3. The van der Waals surface area contributed by atoms with E-state index in [2.05, 4.69) is 69.7 Å². The molecule has 16 aliphatic carbocycles.